The van der Waals surface area contributed by atoms with Gasteiger partial charge >= 0.3 is 0 Å². The number of sulfonamides is 1. The quantitative estimate of drug-likeness (QED) is 0.686. The average molecular weight is 273 g/mol. The van der Waals surface area contributed by atoms with Crippen LogP contribution in [-0.2, 0) is 10.0 Å². The summed E-state index contributed by atoms with van der Waals surface area (Å²) in [6, 6.07) is -0.151. The van der Waals surface area contributed by atoms with Crippen molar-refractivity contribution in [3.05, 3.63) is 6.20 Å². The zero-order valence-electron chi connectivity index (χ0n) is 10.4. The van der Waals surface area contributed by atoms with E-state index in [-0.39, 0.29) is 16.8 Å². The topological polar surface area (TPSA) is 104 Å². The van der Waals surface area contributed by atoms with E-state index in [1.807, 2.05) is 6.92 Å². The predicted molar refractivity (Wildman–Crippen MR) is 68.5 cm³/mol. The van der Waals surface area contributed by atoms with Crippen LogP contribution in [0.3, 0.4) is 0 Å². The van der Waals surface area contributed by atoms with E-state index in [2.05, 4.69) is 19.8 Å². The minimum atomic E-state index is -3.58. The molecular formula is C10H19N5O2S. The molecule has 7 nitrogen and oxygen atoms in total. The lowest BCUT2D eigenvalue weighted by atomic mass is 10.3. The number of hydrogen-bond acceptors (Lipinski definition) is 5. The minimum absolute atomic E-state index is 0.00997. The Hall–Kier alpha value is -1.12. The van der Waals surface area contributed by atoms with E-state index in [1.165, 1.54) is 19.0 Å². The zero-order chi connectivity index (χ0) is 13.2. The molecule has 1 aromatic rings. The molecule has 102 valence electrons. The Morgan fingerprint density at radius 2 is 2.22 bits per heavy atom. The Morgan fingerprint density at radius 3 is 2.78 bits per heavy atom. The van der Waals surface area contributed by atoms with Gasteiger partial charge in [-0.3, -0.25) is 5.10 Å². The third-order valence-electron chi connectivity index (χ3n) is 3.01. The van der Waals surface area contributed by atoms with Gasteiger partial charge in [0.1, 0.15) is 10.7 Å². The highest BCUT2D eigenvalue weighted by atomic mass is 32.2. The fraction of sp³-hybridized carbons (Fsp3) is 0.700. The molecule has 0 amide bonds. The molecule has 0 radical (unpaired) electrons. The Labute approximate surface area is 107 Å². The molecule has 0 aliphatic carbocycles. The average Bonchev–Trinajstić information content (AvgIpc) is 2.88. The summed E-state index contributed by atoms with van der Waals surface area (Å²) in [5.74, 6) is 0.0656. The molecule has 2 rings (SSSR count). The third kappa shape index (κ3) is 3.01. The van der Waals surface area contributed by atoms with Gasteiger partial charge in [0.15, 0.2) is 0 Å². The van der Waals surface area contributed by atoms with Crippen LogP contribution in [0.15, 0.2) is 11.1 Å². The number of nitrogens with two attached hydrogens (primary N) is 1. The molecule has 8 heteroatoms. The Bertz CT molecular complexity index is 492. The molecule has 0 spiro atoms. The Morgan fingerprint density at radius 1 is 1.56 bits per heavy atom. The van der Waals surface area contributed by atoms with Gasteiger partial charge < -0.3 is 10.6 Å². The number of H-pyrrole nitrogens is 1. The number of anilines is 1. The summed E-state index contributed by atoms with van der Waals surface area (Å²) in [5.41, 5.74) is 5.52. The van der Waals surface area contributed by atoms with Crippen molar-refractivity contribution in [2.45, 2.75) is 30.7 Å². The van der Waals surface area contributed by atoms with Crippen LogP contribution in [0, 0.1) is 0 Å². The maximum absolute atomic E-state index is 12.0. The normalized spacial score (nSPS) is 19.2. The van der Waals surface area contributed by atoms with Crippen LogP contribution in [0.4, 0.5) is 5.82 Å². The van der Waals surface area contributed by atoms with Crippen LogP contribution in [-0.4, -0.2) is 49.2 Å². The first-order chi connectivity index (χ1) is 8.49. The van der Waals surface area contributed by atoms with E-state index < -0.39 is 10.0 Å². The summed E-state index contributed by atoms with van der Waals surface area (Å²) in [4.78, 5) is 2.27. The lowest BCUT2D eigenvalue weighted by molar-refractivity contribution is 0.313. The Balaban J connectivity index is 1.97. The van der Waals surface area contributed by atoms with E-state index >= 15 is 0 Å². The second-order valence-corrected chi connectivity index (χ2v) is 6.36. The predicted octanol–water partition coefficient (Wildman–Crippen LogP) is -0.245. The molecule has 1 atom stereocenters. The van der Waals surface area contributed by atoms with Gasteiger partial charge in [-0.1, -0.05) is 0 Å². The van der Waals surface area contributed by atoms with Crippen LogP contribution >= 0.6 is 0 Å². The van der Waals surface area contributed by atoms with Gasteiger partial charge in [0.2, 0.25) is 10.0 Å². The van der Waals surface area contributed by atoms with E-state index in [1.54, 1.807) is 0 Å². The van der Waals surface area contributed by atoms with E-state index in [4.69, 9.17) is 5.73 Å². The molecular weight excluding hydrogens is 254 g/mol. The number of nitrogens with one attached hydrogen (secondary N) is 2. The highest BCUT2D eigenvalue weighted by molar-refractivity contribution is 7.89. The van der Waals surface area contributed by atoms with Crippen molar-refractivity contribution < 1.29 is 8.42 Å². The van der Waals surface area contributed by atoms with Crippen molar-refractivity contribution in [3.8, 4) is 0 Å². The van der Waals surface area contributed by atoms with Crippen LogP contribution in [0.5, 0.6) is 0 Å². The van der Waals surface area contributed by atoms with E-state index in [9.17, 15) is 8.42 Å². The third-order valence-corrected chi connectivity index (χ3v) is 4.63. The molecule has 4 N–H and O–H groups in total. The van der Waals surface area contributed by atoms with Crippen LogP contribution in [0.2, 0.25) is 0 Å². The summed E-state index contributed by atoms with van der Waals surface area (Å²) < 4.78 is 26.7. The first-order valence-electron chi connectivity index (χ1n) is 6.02. The fourth-order valence-corrected chi connectivity index (χ4v) is 3.48. The number of aromatic nitrogens is 2. The molecule has 1 aliphatic rings. The van der Waals surface area contributed by atoms with Crippen LogP contribution < -0.4 is 10.5 Å². The molecule has 1 unspecified atom stereocenters. The van der Waals surface area contributed by atoms with Gasteiger partial charge in [0.25, 0.3) is 0 Å². The van der Waals surface area contributed by atoms with Crippen molar-refractivity contribution in [1.82, 2.24) is 19.8 Å². The van der Waals surface area contributed by atoms with Gasteiger partial charge in [-0.05, 0) is 32.9 Å². The number of rotatable bonds is 5. The fourth-order valence-electron chi connectivity index (χ4n) is 2.22. The number of nitrogen functional groups attached to an aromatic ring is 1. The first kappa shape index (κ1) is 13.3. The maximum Gasteiger partial charge on any atom is 0.246 e. The van der Waals surface area contributed by atoms with E-state index in [0.717, 1.165) is 19.6 Å². The van der Waals surface area contributed by atoms with Gasteiger partial charge in [-0.25, -0.2) is 13.1 Å². The van der Waals surface area contributed by atoms with Crippen molar-refractivity contribution in [1.29, 1.82) is 0 Å². The van der Waals surface area contributed by atoms with Crippen LogP contribution in [0.25, 0.3) is 0 Å². The monoisotopic (exact) mass is 273 g/mol. The lowest BCUT2D eigenvalue weighted by Crippen LogP contribution is -2.41. The summed E-state index contributed by atoms with van der Waals surface area (Å²) in [5, 5.41) is 6.04. The smallest absolute Gasteiger partial charge is 0.246 e. The lowest BCUT2D eigenvalue weighted by Gasteiger charge is -2.20. The molecule has 18 heavy (non-hydrogen) atoms. The highest BCUT2D eigenvalue weighted by Gasteiger charge is 2.23. The van der Waals surface area contributed by atoms with Crippen LogP contribution in [0.1, 0.15) is 19.8 Å². The van der Waals surface area contributed by atoms with Gasteiger partial charge in [-0.15, -0.1) is 0 Å². The summed E-state index contributed by atoms with van der Waals surface area (Å²) in [6.45, 7) is 4.66. The largest absolute Gasteiger partial charge is 0.383 e. The summed E-state index contributed by atoms with van der Waals surface area (Å²) in [7, 11) is -3.58. The summed E-state index contributed by atoms with van der Waals surface area (Å²) in [6.07, 6.45) is 3.60. The van der Waals surface area contributed by atoms with Crippen molar-refractivity contribution >= 4 is 15.8 Å². The molecule has 1 aromatic heterocycles. The molecule has 0 aromatic carbocycles. The first-order valence-corrected chi connectivity index (χ1v) is 7.51. The number of likely N-dealkylation sites (tertiary alicyclic amines) is 1. The summed E-state index contributed by atoms with van der Waals surface area (Å²) >= 11 is 0. The molecule has 1 saturated heterocycles. The van der Waals surface area contributed by atoms with Gasteiger partial charge in [0, 0.05) is 12.6 Å². The Kier molecular flexibility index (Phi) is 3.88. The molecule has 2 heterocycles. The maximum atomic E-state index is 12.0. The van der Waals surface area contributed by atoms with Crippen molar-refractivity contribution in [2.24, 2.45) is 0 Å². The van der Waals surface area contributed by atoms with E-state index in [0.29, 0.717) is 0 Å². The number of aromatic amines is 1. The standard InChI is InChI=1S/C10H19N5O2S/c1-8(7-15-4-2-3-5-15)14-18(16,17)9-6-12-13-10(9)11/h6,8,14H,2-5,7H2,1H3,(H3,11,12,13). The molecule has 1 aliphatic heterocycles. The van der Waals surface area contributed by atoms with Crippen molar-refractivity contribution in [2.75, 3.05) is 25.4 Å². The number of nitrogens with zero attached hydrogens (tertiary/aromatic N) is 2. The van der Waals surface area contributed by atoms with Gasteiger partial charge in [-0.2, -0.15) is 5.10 Å². The SMILES string of the molecule is CC(CN1CCCC1)NS(=O)(=O)c1cn[nH]c1N. The van der Waals surface area contributed by atoms with Crippen molar-refractivity contribution in [3.63, 3.8) is 0 Å². The minimum Gasteiger partial charge on any atom is -0.383 e. The number of hydrogen-bond donors (Lipinski definition) is 3. The highest BCUT2D eigenvalue weighted by Crippen LogP contribution is 2.15. The molecule has 0 bridgehead atoms. The molecule has 1 fully saturated rings. The molecule has 0 saturated carbocycles. The second kappa shape index (κ2) is 5.25. The van der Waals surface area contributed by atoms with Gasteiger partial charge in [0.05, 0.1) is 6.20 Å². The zero-order valence-corrected chi connectivity index (χ0v) is 11.2. The second-order valence-electron chi connectivity index (χ2n) is 4.68.